The molecular weight excluding hydrogens is 388 g/mol. The number of carbonyl (C=O) groups excluding carboxylic acids is 1. The molecule has 0 heterocycles. The maximum atomic E-state index is 12.2. The monoisotopic (exact) mass is 410 g/mol. The predicted octanol–water partition coefficient (Wildman–Crippen LogP) is 3.92. The van der Waals surface area contributed by atoms with Gasteiger partial charge >= 0.3 is 0 Å². The van der Waals surface area contributed by atoms with Crippen LogP contribution in [0.25, 0.3) is 0 Å². The van der Waals surface area contributed by atoms with Crippen LogP contribution in [0.2, 0.25) is 5.02 Å². The molecular formula is C19H23ClN2O4S. The molecule has 0 aliphatic carbocycles. The van der Waals surface area contributed by atoms with Crippen LogP contribution in [0, 0.1) is 0 Å². The molecule has 0 unspecified atom stereocenters. The topological polar surface area (TPSA) is 75.7 Å². The van der Waals surface area contributed by atoms with Crippen molar-refractivity contribution in [1.29, 1.82) is 0 Å². The lowest BCUT2D eigenvalue weighted by Gasteiger charge is -2.22. The fourth-order valence-corrected chi connectivity index (χ4v) is 3.70. The first-order chi connectivity index (χ1) is 12.8. The smallest absolute Gasteiger partial charge is 0.232 e. The number of nitrogens with one attached hydrogen (secondary N) is 1. The van der Waals surface area contributed by atoms with Crippen LogP contribution in [0.15, 0.2) is 48.5 Å². The van der Waals surface area contributed by atoms with Crippen LogP contribution in [-0.2, 0) is 14.8 Å². The van der Waals surface area contributed by atoms with Crippen LogP contribution in [0.1, 0.15) is 19.8 Å². The summed E-state index contributed by atoms with van der Waals surface area (Å²) >= 11 is 5.95. The van der Waals surface area contributed by atoms with Crippen LogP contribution in [-0.4, -0.2) is 33.7 Å². The summed E-state index contributed by atoms with van der Waals surface area (Å²) < 4.78 is 30.8. The number of ether oxygens (including phenoxy) is 1. The zero-order valence-electron chi connectivity index (χ0n) is 15.3. The Labute approximate surface area is 165 Å². The Kier molecular flexibility index (Phi) is 7.50. The van der Waals surface area contributed by atoms with Crippen LogP contribution >= 0.6 is 11.6 Å². The minimum Gasteiger partial charge on any atom is -0.494 e. The van der Waals surface area contributed by atoms with Crippen molar-refractivity contribution in [3.63, 3.8) is 0 Å². The summed E-state index contributed by atoms with van der Waals surface area (Å²) in [6.45, 7) is 2.62. The second kappa shape index (κ2) is 9.62. The van der Waals surface area contributed by atoms with E-state index in [1.54, 1.807) is 42.5 Å². The SMILES string of the molecule is CCOc1cccc(NC(=O)CCCN(c2cccc(Cl)c2)S(C)(=O)=O)c1. The van der Waals surface area contributed by atoms with E-state index in [-0.39, 0.29) is 18.9 Å². The maximum Gasteiger partial charge on any atom is 0.232 e. The molecule has 0 aromatic heterocycles. The zero-order valence-corrected chi connectivity index (χ0v) is 16.9. The summed E-state index contributed by atoms with van der Waals surface area (Å²) in [7, 11) is -3.48. The van der Waals surface area contributed by atoms with Crippen molar-refractivity contribution in [1.82, 2.24) is 0 Å². The summed E-state index contributed by atoms with van der Waals surface area (Å²) in [4.78, 5) is 12.2. The van der Waals surface area contributed by atoms with Gasteiger partial charge in [0.2, 0.25) is 15.9 Å². The maximum absolute atomic E-state index is 12.2. The third-order valence-electron chi connectivity index (χ3n) is 3.69. The summed E-state index contributed by atoms with van der Waals surface area (Å²) in [6.07, 6.45) is 1.69. The van der Waals surface area contributed by atoms with E-state index in [2.05, 4.69) is 5.32 Å². The van der Waals surface area contributed by atoms with Gasteiger partial charge in [0.15, 0.2) is 0 Å². The van der Waals surface area contributed by atoms with E-state index in [9.17, 15) is 13.2 Å². The van der Waals surface area contributed by atoms with Gasteiger partial charge in [0.05, 0.1) is 18.6 Å². The lowest BCUT2D eigenvalue weighted by molar-refractivity contribution is -0.116. The number of sulfonamides is 1. The number of amides is 1. The van der Waals surface area contributed by atoms with Gasteiger partial charge in [0, 0.05) is 29.7 Å². The number of benzene rings is 2. The number of hydrogen-bond acceptors (Lipinski definition) is 4. The first-order valence-electron chi connectivity index (χ1n) is 8.55. The second-order valence-electron chi connectivity index (χ2n) is 5.93. The molecule has 1 N–H and O–H groups in total. The van der Waals surface area contributed by atoms with E-state index >= 15 is 0 Å². The van der Waals surface area contributed by atoms with Gasteiger partial charge in [-0.2, -0.15) is 0 Å². The third kappa shape index (κ3) is 6.77. The zero-order chi connectivity index (χ0) is 19.9. The summed E-state index contributed by atoms with van der Waals surface area (Å²) in [6, 6.07) is 13.8. The van der Waals surface area contributed by atoms with Crippen molar-refractivity contribution in [3.8, 4) is 5.75 Å². The third-order valence-corrected chi connectivity index (χ3v) is 5.12. The number of carbonyl (C=O) groups is 1. The fraction of sp³-hybridized carbons (Fsp3) is 0.316. The molecule has 0 saturated carbocycles. The van der Waals surface area contributed by atoms with E-state index in [0.717, 1.165) is 6.26 Å². The number of hydrogen-bond donors (Lipinski definition) is 1. The van der Waals surface area contributed by atoms with Crippen molar-refractivity contribution in [2.75, 3.05) is 29.0 Å². The first kappa shape index (κ1) is 21.1. The molecule has 0 atom stereocenters. The Morgan fingerprint density at radius 3 is 2.59 bits per heavy atom. The number of rotatable bonds is 9. The number of nitrogens with zero attached hydrogens (tertiary/aromatic N) is 1. The molecule has 0 radical (unpaired) electrons. The summed E-state index contributed by atoms with van der Waals surface area (Å²) in [5.41, 5.74) is 1.12. The molecule has 0 spiro atoms. The van der Waals surface area contributed by atoms with Crippen LogP contribution in [0.4, 0.5) is 11.4 Å². The van der Waals surface area contributed by atoms with E-state index in [1.807, 2.05) is 13.0 Å². The highest BCUT2D eigenvalue weighted by Gasteiger charge is 2.18. The van der Waals surface area contributed by atoms with Crippen LogP contribution < -0.4 is 14.4 Å². The minimum absolute atomic E-state index is 0.186. The van der Waals surface area contributed by atoms with Crippen molar-refractivity contribution in [3.05, 3.63) is 53.6 Å². The van der Waals surface area contributed by atoms with Crippen molar-refractivity contribution in [2.45, 2.75) is 19.8 Å². The van der Waals surface area contributed by atoms with Gasteiger partial charge in [-0.3, -0.25) is 9.10 Å². The van der Waals surface area contributed by atoms with Crippen LogP contribution in [0.5, 0.6) is 5.75 Å². The molecule has 2 aromatic carbocycles. The Morgan fingerprint density at radius 1 is 1.19 bits per heavy atom. The first-order valence-corrected chi connectivity index (χ1v) is 10.8. The number of anilines is 2. The fourth-order valence-electron chi connectivity index (χ4n) is 2.55. The minimum atomic E-state index is -3.48. The standard InChI is InChI=1S/C19H23ClN2O4S/c1-3-26-18-10-5-8-16(14-18)21-19(23)11-6-12-22(27(2,24)25)17-9-4-7-15(20)13-17/h4-5,7-10,13-14H,3,6,11-12H2,1-2H3,(H,21,23). The lowest BCUT2D eigenvalue weighted by atomic mass is 10.2. The Balaban J connectivity index is 1.94. The molecule has 0 bridgehead atoms. The Bertz CT molecular complexity index is 887. The molecule has 6 nitrogen and oxygen atoms in total. The molecule has 0 aliphatic rings. The molecule has 0 aliphatic heterocycles. The largest absolute Gasteiger partial charge is 0.494 e. The molecule has 0 fully saturated rings. The molecule has 27 heavy (non-hydrogen) atoms. The average Bonchev–Trinajstić information content (AvgIpc) is 2.58. The lowest BCUT2D eigenvalue weighted by Crippen LogP contribution is -2.31. The highest BCUT2D eigenvalue weighted by molar-refractivity contribution is 7.92. The van der Waals surface area contributed by atoms with Gasteiger partial charge in [-0.1, -0.05) is 23.7 Å². The van der Waals surface area contributed by atoms with E-state index in [4.69, 9.17) is 16.3 Å². The van der Waals surface area contributed by atoms with Crippen LogP contribution in [0.3, 0.4) is 0 Å². The van der Waals surface area contributed by atoms with Gasteiger partial charge in [-0.05, 0) is 43.7 Å². The van der Waals surface area contributed by atoms with Gasteiger partial charge in [-0.25, -0.2) is 8.42 Å². The number of halogens is 1. The van der Waals surface area contributed by atoms with E-state index in [1.165, 1.54) is 4.31 Å². The molecule has 2 aromatic rings. The van der Waals surface area contributed by atoms with E-state index < -0.39 is 10.0 Å². The molecule has 2 rings (SSSR count). The van der Waals surface area contributed by atoms with Gasteiger partial charge in [0.1, 0.15) is 5.75 Å². The molecule has 8 heteroatoms. The van der Waals surface area contributed by atoms with Gasteiger partial charge in [0.25, 0.3) is 0 Å². The van der Waals surface area contributed by atoms with Gasteiger partial charge in [-0.15, -0.1) is 0 Å². The van der Waals surface area contributed by atoms with Crippen molar-refractivity contribution >= 4 is 38.9 Å². The second-order valence-corrected chi connectivity index (χ2v) is 8.27. The van der Waals surface area contributed by atoms with E-state index in [0.29, 0.717) is 35.2 Å². The van der Waals surface area contributed by atoms with Crippen molar-refractivity contribution in [2.24, 2.45) is 0 Å². The Morgan fingerprint density at radius 2 is 1.93 bits per heavy atom. The normalized spacial score (nSPS) is 11.1. The van der Waals surface area contributed by atoms with Gasteiger partial charge < -0.3 is 10.1 Å². The van der Waals surface area contributed by atoms with Crippen molar-refractivity contribution < 1.29 is 17.9 Å². The quantitative estimate of drug-likeness (QED) is 0.679. The summed E-state index contributed by atoms with van der Waals surface area (Å²) in [5, 5.41) is 3.25. The Hall–Kier alpha value is -2.25. The highest BCUT2D eigenvalue weighted by atomic mass is 35.5. The average molecular weight is 411 g/mol. The molecule has 0 saturated heterocycles. The predicted molar refractivity (Wildman–Crippen MR) is 109 cm³/mol. The summed E-state index contributed by atoms with van der Waals surface area (Å²) in [5.74, 6) is 0.489. The molecule has 146 valence electrons. The highest BCUT2D eigenvalue weighted by Crippen LogP contribution is 2.22. The molecule has 1 amide bonds.